The van der Waals surface area contributed by atoms with E-state index in [9.17, 15) is 8.42 Å². The smallest absolute Gasteiger partial charge is 0.289 e. The van der Waals surface area contributed by atoms with Crippen molar-refractivity contribution in [2.24, 2.45) is 10.1 Å². The van der Waals surface area contributed by atoms with E-state index in [1.807, 2.05) is 0 Å². The van der Waals surface area contributed by atoms with Crippen LogP contribution in [0.5, 0.6) is 0 Å². The maximum atomic E-state index is 11.4. The average molecular weight is 251 g/mol. The average Bonchev–Trinajstić information content (AvgIpc) is 2.00. The lowest BCUT2D eigenvalue weighted by molar-refractivity contribution is 0.597. The van der Waals surface area contributed by atoms with Gasteiger partial charge in [-0.25, -0.2) is 4.98 Å². The molecule has 1 aromatic heterocycles. The summed E-state index contributed by atoms with van der Waals surface area (Å²) in [5, 5.41) is 2.76. The normalized spacial score (nSPS) is 16.7. The molecule has 5 N–H and O–H groups in total. The van der Waals surface area contributed by atoms with Crippen molar-refractivity contribution in [1.82, 2.24) is 4.98 Å². The minimum atomic E-state index is -3.73. The summed E-state index contributed by atoms with van der Waals surface area (Å²) in [5.41, 5.74) is 5.56. The second kappa shape index (κ2) is 3.65. The lowest BCUT2D eigenvalue weighted by atomic mass is 10.4. The molecule has 0 bridgehead atoms. The van der Waals surface area contributed by atoms with Crippen molar-refractivity contribution in [3.8, 4) is 0 Å². The Morgan fingerprint density at radius 1 is 1.47 bits per heavy atom. The van der Waals surface area contributed by atoms with Crippen molar-refractivity contribution in [1.29, 1.82) is 0 Å². The van der Waals surface area contributed by atoms with Gasteiger partial charge in [-0.15, -0.1) is 4.40 Å². The first-order valence-electron chi connectivity index (χ1n) is 3.52. The Morgan fingerprint density at radius 2 is 2.13 bits per heavy atom. The monoisotopic (exact) mass is 250 g/mol. The molecular weight excluding hydrogens is 244 g/mol. The van der Waals surface area contributed by atoms with Gasteiger partial charge in [-0.05, 0) is 0 Å². The molecule has 0 aliphatic carbocycles. The third kappa shape index (κ3) is 2.01. The number of halogens is 1. The standard InChI is InChI=1S/C6H5ClN4O2S.H2O/c7-5-1-3-4(2-9-5)14(12,13)11-6(8)10-3;/h1-2H,(H3,8,10,11);1H2. The van der Waals surface area contributed by atoms with Crippen molar-refractivity contribution in [3.63, 3.8) is 0 Å². The number of hydrogen-bond donors (Lipinski definition) is 2. The molecule has 0 atom stereocenters. The molecule has 2 rings (SSSR count). The van der Waals surface area contributed by atoms with Crippen LogP contribution in [0.1, 0.15) is 0 Å². The third-order valence-electron chi connectivity index (χ3n) is 1.59. The summed E-state index contributed by atoms with van der Waals surface area (Å²) in [6, 6.07) is 1.37. The second-order valence-electron chi connectivity index (χ2n) is 2.58. The van der Waals surface area contributed by atoms with Crippen LogP contribution in [0.4, 0.5) is 5.69 Å². The van der Waals surface area contributed by atoms with Crippen LogP contribution in [0.3, 0.4) is 0 Å². The first-order chi connectivity index (χ1) is 6.49. The van der Waals surface area contributed by atoms with Crippen LogP contribution in [0.2, 0.25) is 5.15 Å². The van der Waals surface area contributed by atoms with Crippen LogP contribution in [-0.4, -0.2) is 24.8 Å². The van der Waals surface area contributed by atoms with E-state index in [4.69, 9.17) is 17.3 Å². The molecular formula is C6H7ClN4O3S. The van der Waals surface area contributed by atoms with Gasteiger partial charge in [-0.3, -0.25) is 0 Å². The summed E-state index contributed by atoms with van der Waals surface area (Å²) < 4.78 is 26.1. The zero-order valence-electron chi connectivity index (χ0n) is 7.23. The number of nitrogens with two attached hydrogens (primary N) is 1. The third-order valence-corrected chi connectivity index (χ3v) is 3.12. The van der Waals surface area contributed by atoms with Gasteiger partial charge in [0.1, 0.15) is 10.0 Å². The Bertz CT molecular complexity index is 527. The highest BCUT2D eigenvalue weighted by Gasteiger charge is 2.24. The maximum absolute atomic E-state index is 11.4. The maximum Gasteiger partial charge on any atom is 0.289 e. The molecule has 0 aromatic carbocycles. The summed E-state index contributed by atoms with van der Waals surface area (Å²) >= 11 is 5.59. The second-order valence-corrected chi connectivity index (χ2v) is 4.54. The van der Waals surface area contributed by atoms with Gasteiger partial charge in [-0.2, -0.15) is 8.42 Å². The van der Waals surface area contributed by atoms with Crippen molar-refractivity contribution in [2.75, 3.05) is 5.32 Å². The molecule has 2 heterocycles. The van der Waals surface area contributed by atoms with Gasteiger partial charge >= 0.3 is 0 Å². The molecule has 0 saturated carbocycles. The van der Waals surface area contributed by atoms with E-state index in [2.05, 4.69) is 14.7 Å². The van der Waals surface area contributed by atoms with Gasteiger partial charge < -0.3 is 16.5 Å². The summed E-state index contributed by atoms with van der Waals surface area (Å²) in [7, 11) is -3.73. The van der Waals surface area contributed by atoms with Gasteiger partial charge in [0.15, 0.2) is 0 Å². The molecule has 15 heavy (non-hydrogen) atoms. The van der Waals surface area contributed by atoms with E-state index in [1.54, 1.807) is 0 Å². The topological polar surface area (TPSA) is 129 Å². The Morgan fingerprint density at radius 3 is 2.80 bits per heavy atom. The van der Waals surface area contributed by atoms with E-state index < -0.39 is 10.0 Å². The zero-order valence-corrected chi connectivity index (χ0v) is 8.80. The van der Waals surface area contributed by atoms with E-state index in [0.29, 0.717) is 0 Å². The molecule has 0 amide bonds. The predicted molar refractivity (Wildman–Crippen MR) is 55.3 cm³/mol. The molecule has 82 valence electrons. The molecule has 0 radical (unpaired) electrons. The molecule has 1 aromatic rings. The summed E-state index contributed by atoms with van der Waals surface area (Å²) in [6.07, 6.45) is 1.13. The molecule has 9 heteroatoms. The summed E-state index contributed by atoms with van der Waals surface area (Å²) in [5.74, 6) is -0.181. The number of aromatic nitrogens is 1. The lowest BCUT2D eigenvalue weighted by Gasteiger charge is -2.14. The SMILES string of the molecule is NC1=NS(=O)(=O)c2cnc(Cl)cc2N1.O. The minimum absolute atomic E-state index is 0. The first-order valence-corrected chi connectivity index (χ1v) is 5.34. The zero-order chi connectivity index (χ0) is 10.3. The number of guanidine groups is 1. The predicted octanol–water partition coefficient (Wildman–Crippen LogP) is -0.661. The van der Waals surface area contributed by atoms with Crippen molar-refractivity contribution in [2.45, 2.75) is 4.90 Å². The minimum Gasteiger partial charge on any atom is -0.412 e. The molecule has 0 fully saturated rings. The van der Waals surface area contributed by atoms with Gasteiger partial charge in [0, 0.05) is 6.07 Å². The number of pyridine rings is 1. The fourth-order valence-corrected chi connectivity index (χ4v) is 2.19. The highest BCUT2D eigenvalue weighted by atomic mass is 35.5. The Kier molecular flexibility index (Phi) is 2.84. The molecule has 1 aliphatic heterocycles. The van der Waals surface area contributed by atoms with Crippen molar-refractivity contribution in [3.05, 3.63) is 17.4 Å². The fourth-order valence-electron chi connectivity index (χ4n) is 1.06. The Labute approximate surface area is 90.3 Å². The number of nitrogens with one attached hydrogen (secondary N) is 1. The van der Waals surface area contributed by atoms with Gasteiger partial charge in [0.2, 0.25) is 5.96 Å². The summed E-state index contributed by atoms with van der Waals surface area (Å²) in [4.78, 5) is 3.62. The van der Waals surface area contributed by atoms with Crippen LogP contribution >= 0.6 is 11.6 Å². The van der Waals surface area contributed by atoms with E-state index >= 15 is 0 Å². The summed E-state index contributed by atoms with van der Waals surface area (Å²) in [6.45, 7) is 0. The fraction of sp³-hybridized carbons (Fsp3) is 0. The number of rotatable bonds is 0. The number of sulfonamides is 1. The number of anilines is 1. The van der Waals surface area contributed by atoms with Gasteiger partial charge in [0.25, 0.3) is 10.0 Å². The van der Waals surface area contributed by atoms with Crippen LogP contribution in [0, 0.1) is 0 Å². The lowest BCUT2D eigenvalue weighted by Crippen LogP contribution is -2.28. The van der Waals surface area contributed by atoms with Gasteiger partial charge in [0.05, 0.1) is 11.9 Å². The Hall–Kier alpha value is -1.38. The van der Waals surface area contributed by atoms with Crippen LogP contribution in [0.15, 0.2) is 21.6 Å². The van der Waals surface area contributed by atoms with E-state index in [1.165, 1.54) is 6.07 Å². The van der Waals surface area contributed by atoms with E-state index in [0.717, 1.165) is 6.20 Å². The van der Waals surface area contributed by atoms with Crippen LogP contribution in [-0.2, 0) is 10.0 Å². The van der Waals surface area contributed by atoms with Crippen molar-refractivity contribution >= 4 is 33.3 Å². The number of hydrogen-bond acceptors (Lipinski definition) is 5. The molecule has 0 saturated heterocycles. The Balaban J connectivity index is 0.00000112. The van der Waals surface area contributed by atoms with Crippen LogP contribution < -0.4 is 11.1 Å². The van der Waals surface area contributed by atoms with Gasteiger partial charge in [-0.1, -0.05) is 11.6 Å². The quantitative estimate of drug-likeness (QED) is 0.591. The molecule has 7 nitrogen and oxygen atoms in total. The van der Waals surface area contributed by atoms with Crippen LogP contribution in [0.25, 0.3) is 0 Å². The molecule has 1 aliphatic rings. The van der Waals surface area contributed by atoms with Crippen molar-refractivity contribution < 1.29 is 13.9 Å². The highest BCUT2D eigenvalue weighted by molar-refractivity contribution is 7.90. The number of fused-ring (bicyclic) bond motifs is 1. The highest BCUT2D eigenvalue weighted by Crippen LogP contribution is 2.27. The number of nitrogens with zero attached hydrogens (tertiary/aromatic N) is 2. The largest absolute Gasteiger partial charge is 0.412 e. The van der Waals surface area contributed by atoms with E-state index in [-0.39, 0.29) is 27.2 Å². The molecule has 0 spiro atoms. The first kappa shape index (κ1) is 11.7. The molecule has 0 unspecified atom stereocenters.